The van der Waals surface area contributed by atoms with Crippen LogP contribution in [0.5, 0.6) is 0 Å². The minimum atomic E-state index is -2.85. The van der Waals surface area contributed by atoms with Crippen molar-refractivity contribution in [2.75, 3.05) is 0 Å². The summed E-state index contributed by atoms with van der Waals surface area (Å²) in [7, 11) is 0. The Morgan fingerprint density at radius 2 is 2.14 bits per heavy atom. The van der Waals surface area contributed by atoms with Gasteiger partial charge in [-0.3, -0.25) is 9.59 Å². The number of primary amides is 1. The standard InChI is InChI=1S/C7H5BrF2N2O2/c8-4-3(13)1-2(6(9)10)12-5(4)7(11)14/h1,6H,(H2,11,14)(H,12,13). The lowest BCUT2D eigenvalue weighted by Gasteiger charge is -2.04. The van der Waals surface area contributed by atoms with Gasteiger partial charge in [0.25, 0.3) is 12.3 Å². The topological polar surface area (TPSA) is 76.0 Å². The first-order chi connectivity index (χ1) is 6.43. The van der Waals surface area contributed by atoms with Gasteiger partial charge >= 0.3 is 0 Å². The molecule has 0 saturated heterocycles. The molecule has 0 aliphatic heterocycles. The second kappa shape index (κ2) is 3.87. The van der Waals surface area contributed by atoms with E-state index in [0.717, 1.165) is 0 Å². The van der Waals surface area contributed by atoms with Crippen molar-refractivity contribution < 1.29 is 13.6 Å². The van der Waals surface area contributed by atoms with Gasteiger partial charge in [-0.1, -0.05) is 0 Å². The lowest BCUT2D eigenvalue weighted by Crippen LogP contribution is -2.20. The molecule has 76 valence electrons. The van der Waals surface area contributed by atoms with E-state index in [1.54, 1.807) is 0 Å². The normalized spacial score (nSPS) is 10.6. The number of carbonyl (C=O) groups excluding carboxylic acids is 1. The number of aromatic amines is 1. The molecule has 1 aromatic rings. The Kier molecular flexibility index (Phi) is 3.00. The number of amides is 1. The molecule has 0 atom stereocenters. The smallest absolute Gasteiger partial charge is 0.278 e. The summed E-state index contributed by atoms with van der Waals surface area (Å²) >= 11 is 2.77. The van der Waals surface area contributed by atoms with Gasteiger partial charge in [0, 0.05) is 6.07 Å². The van der Waals surface area contributed by atoms with E-state index in [0.29, 0.717) is 6.07 Å². The van der Waals surface area contributed by atoms with Gasteiger partial charge in [0.05, 0.1) is 10.2 Å². The fourth-order valence-electron chi connectivity index (χ4n) is 0.850. The number of carbonyl (C=O) groups is 1. The van der Waals surface area contributed by atoms with Gasteiger partial charge in [0.1, 0.15) is 5.69 Å². The van der Waals surface area contributed by atoms with Crippen LogP contribution in [-0.2, 0) is 0 Å². The lowest BCUT2D eigenvalue weighted by atomic mass is 10.3. The summed E-state index contributed by atoms with van der Waals surface area (Å²) in [4.78, 5) is 23.9. The molecule has 0 fully saturated rings. The average molecular weight is 267 g/mol. The molecule has 0 aromatic carbocycles. The van der Waals surface area contributed by atoms with Crippen molar-refractivity contribution >= 4 is 21.8 Å². The molecule has 4 nitrogen and oxygen atoms in total. The summed E-state index contributed by atoms with van der Waals surface area (Å²) in [6.07, 6.45) is -2.85. The summed E-state index contributed by atoms with van der Waals surface area (Å²) in [5.74, 6) is -0.975. The molecule has 1 amide bonds. The van der Waals surface area contributed by atoms with E-state index in [1.807, 2.05) is 0 Å². The van der Waals surface area contributed by atoms with Gasteiger partial charge in [0.15, 0.2) is 5.43 Å². The van der Waals surface area contributed by atoms with Crippen molar-refractivity contribution in [2.45, 2.75) is 6.43 Å². The van der Waals surface area contributed by atoms with Crippen molar-refractivity contribution in [2.24, 2.45) is 5.73 Å². The van der Waals surface area contributed by atoms with Crippen molar-refractivity contribution in [1.29, 1.82) is 0 Å². The van der Waals surface area contributed by atoms with Crippen LogP contribution in [-0.4, -0.2) is 10.9 Å². The zero-order chi connectivity index (χ0) is 10.9. The van der Waals surface area contributed by atoms with Gasteiger partial charge in [-0.25, -0.2) is 8.78 Å². The van der Waals surface area contributed by atoms with Crippen molar-refractivity contribution in [3.05, 3.63) is 32.2 Å². The molecule has 0 radical (unpaired) electrons. The number of halogens is 3. The Hall–Kier alpha value is -1.24. The molecule has 0 bridgehead atoms. The number of alkyl halides is 2. The number of hydrogen-bond donors (Lipinski definition) is 2. The van der Waals surface area contributed by atoms with Gasteiger partial charge in [0.2, 0.25) is 0 Å². The van der Waals surface area contributed by atoms with Gasteiger partial charge in [-0.2, -0.15) is 0 Å². The average Bonchev–Trinajstić information content (AvgIpc) is 2.08. The highest BCUT2D eigenvalue weighted by Crippen LogP contribution is 2.17. The van der Waals surface area contributed by atoms with E-state index in [1.165, 1.54) is 0 Å². The Labute approximate surface area is 85.2 Å². The minimum Gasteiger partial charge on any atom is -0.364 e. The first-order valence-corrected chi connectivity index (χ1v) is 4.23. The van der Waals surface area contributed by atoms with E-state index < -0.39 is 23.5 Å². The summed E-state index contributed by atoms with van der Waals surface area (Å²) < 4.78 is 24.2. The molecule has 1 rings (SSSR count). The van der Waals surface area contributed by atoms with Crippen LogP contribution < -0.4 is 11.2 Å². The third kappa shape index (κ3) is 1.98. The molecule has 0 saturated carbocycles. The molecular formula is C7H5BrF2N2O2. The van der Waals surface area contributed by atoms with E-state index in [2.05, 4.69) is 20.9 Å². The second-order valence-electron chi connectivity index (χ2n) is 2.44. The predicted octanol–water partition coefficient (Wildman–Crippen LogP) is 1.17. The SMILES string of the molecule is NC(=O)c1[nH]c(C(F)F)cc(=O)c1Br. The monoisotopic (exact) mass is 266 g/mol. The summed E-state index contributed by atoms with van der Waals surface area (Å²) in [5.41, 5.74) is 3.17. The van der Waals surface area contributed by atoms with Crippen molar-refractivity contribution in [1.82, 2.24) is 4.98 Å². The lowest BCUT2D eigenvalue weighted by molar-refractivity contribution is 0.0992. The fraction of sp³-hybridized carbons (Fsp3) is 0.143. The third-order valence-electron chi connectivity index (χ3n) is 1.47. The van der Waals surface area contributed by atoms with Crippen LogP contribution in [0.25, 0.3) is 0 Å². The molecule has 14 heavy (non-hydrogen) atoms. The van der Waals surface area contributed by atoms with E-state index >= 15 is 0 Å². The van der Waals surface area contributed by atoms with Crippen LogP contribution >= 0.6 is 15.9 Å². The maximum Gasteiger partial charge on any atom is 0.278 e. The number of nitrogens with one attached hydrogen (secondary N) is 1. The molecule has 0 unspecified atom stereocenters. The quantitative estimate of drug-likeness (QED) is 0.843. The van der Waals surface area contributed by atoms with Crippen molar-refractivity contribution in [3.8, 4) is 0 Å². The minimum absolute atomic E-state index is 0.144. The third-order valence-corrected chi connectivity index (χ3v) is 2.26. The van der Waals surface area contributed by atoms with Gasteiger partial charge < -0.3 is 10.7 Å². The van der Waals surface area contributed by atoms with Crippen molar-refractivity contribution in [3.63, 3.8) is 0 Å². The predicted molar refractivity (Wildman–Crippen MR) is 48.2 cm³/mol. The number of hydrogen-bond acceptors (Lipinski definition) is 2. The number of nitrogens with two attached hydrogens (primary N) is 1. The molecular weight excluding hydrogens is 262 g/mol. The molecule has 0 aliphatic rings. The summed E-state index contributed by atoms with van der Waals surface area (Å²) in [6.45, 7) is 0. The zero-order valence-corrected chi connectivity index (χ0v) is 8.27. The van der Waals surface area contributed by atoms with Gasteiger partial charge in [-0.15, -0.1) is 0 Å². The molecule has 0 spiro atoms. The number of H-pyrrole nitrogens is 1. The maximum atomic E-state index is 12.2. The first-order valence-electron chi connectivity index (χ1n) is 3.44. The maximum absolute atomic E-state index is 12.2. The molecule has 1 aromatic heterocycles. The molecule has 0 aliphatic carbocycles. The molecule has 3 N–H and O–H groups in total. The number of pyridine rings is 1. The second-order valence-corrected chi connectivity index (χ2v) is 3.24. The van der Waals surface area contributed by atoms with Crippen LogP contribution in [0.3, 0.4) is 0 Å². The summed E-state index contributed by atoms with van der Waals surface area (Å²) in [6, 6.07) is 0.710. The highest BCUT2D eigenvalue weighted by Gasteiger charge is 2.16. The largest absolute Gasteiger partial charge is 0.364 e. The number of aromatic nitrogens is 1. The highest BCUT2D eigenvalue weighted by molar-refractivity contribution is 9.10. The van der Waals surface area contributed by atoms with E-state index in [-0.39, 0.29) is 10.2 Å². The van der Waals surface area contributed by atoms with E-state index in [4.69, 9.17) is 5.73 Å². The Morgan fingerprint density at radius 3 is 2.57 bits per heavy atom. The van der Waals surface area contributed by atoms with E-state index in [9.17, 15) is 18.4 Å². The number of rotatable bonds is 2. The van der Waals surface area contributed by atoms with Gasteiger partial charge in [-0.05, 0) is 15.9 Å². The van der Waals surface area contributed by atoms with Crippen LogP contribution in [0.4, 0.5) is 8.78 Å². The molecule has 1 heterocycles. The fourth-order valence-corrected chi connectivity index (χ4v) is 1.26. The van der Waals surface area contributed by atoms with Crippen LogP contribution in [0.1, 0.15) is 22.6 Å². The van der Waals surface area contributed by atoms with Crippen LogP contribution in [0.15, 0.2) is 15.3 Å². The van der Waals surface area contributed by atoms with Crippen LogP contribution in [0.2, 0.25) is 0 Å². The van der Waals surface area contributed by atoms with Crippen LogP contribution in [0, 0.1) is 0 Å². The zero-order valence-electron chi connectivity index (χ0n) is 6.68. The highest BCUT2D eigenvalue weighted by atomic mass is 79.9. The first kappa shape index (κ1) is 10.8. The molecule has 7 heteroatoms. The summed E-state index contributed by atoms with van der Waals surface area (Å²) in [5, 5.41) is 0. The Bertz CT molecular complexity index is 430. The Balaban J connectivity index is 3.43. The Morgan fingerprint density at radius 1 is 1.57 bits per heavy atom.